The van der Waals surface area contributed by atoms with Gasteiger partial charge in [-0.2, -0.15) is 0 Å². The largest absolute Gasteiger partial charge is 0.285 e. The minimum Gasteiger partial charge on any atom is -0.266 e. The van der Waals surface area contributed by atoms with Crippen LogP contribution in [0.4, 0.5) is 0 Å². The highest BCUT2D eigenvalue weighted by atomic mass is 16.7. The van der Waals surface area contributed by atoms with Crippen LogP contribution in [0.5, 0.6) is 0 Å². The normalized spacial score (nSPS) is 20.3. The van der Waals surface area contributed by atoms with Crippen molar-refractivity contribution in [1.82, 2.24) is 5.06 Å². The van der Waals surface area contributed by atoms with E-state index in [0.717, 1.165) is 17.9 Å². The molecule has 0 radical (unpaired) electrons. The molecular weight excluding hydrogens is 254 g/mol. The van der Waals surface area contributed by atoms with Crippen LogP contribution in [0.25, 0.3) is 0 Å². The van der Waals surface area contributed by atoms with Crippen molar-refractivity contribution in [2.75, 3.05) is 0 Å². The number of hydrogen-bond donors (Lipinski definition) is 0. The van der Waals surface area contributed by atoms with Crippen LogP contribution in [0.2, 0.25) is 0 Å². The lowest BCUT2D eigenvalue weighted by molar-refractivity contribution is -0.131. The molecule has 1 aliphatic carbocycles. The highest BCUT2D eigenvalue weighted by Gasteiger charge is 2.39. The quantitative estimate of drug-likeness (QED) is 0.625. The first-order valence-corrected chi connectivity index (χ1v) is 6.99. The van der Waals surface area contributed by atoms with Gasteiger partial charge < -0.3 is 0 Å². The van der Waals surface area contributed by atoms with Gasteiger partial charge in [0.15, 0.2) is 0 Å². The van der Waals surface area contributed by atoms with Crippen molar-refractivity contribution in [1.29, 1.82) is 0 Å². The Morgan fingerprint density at radius 2 is 1.70 bits per heavy atom. The molecule has 0 bridgehead atoms. The molecule has 1 heterocycles. The van der Waals surface area contributed by atoms with Gasteiger partial charge in [0.2, 0.25) is 0 Å². The van der Waals surface area contributed by atoms with Crippen molar-refractivity contribution in [3.8, 4) is 0 Å². The van der Waals surface area contributed by atoms with Gasteiger partial charge in [-0.15, -0.1) is 11.6 Å². The van der Waals surface area contributed by atoms with Gasteiger partial charge in [-0.05, 0) is 30.9 Å². The second-order valence-corrected chi connectivity index (χ2v) is 5.30. The third-order valence-electron chi connectivity index (χ3n) is 4.08. The summed E-state index contributed by atoms with van der Waals surface area (Å²) in [7, 11) is 0. The van der Waals surface area contributed by atoms with Crippen LogP contribution in [-0.2, 0) is 4.84 Å². The van der Waals surface area contributed by atoms with Gasteiger partial charge in [0.25, 0.3) is 11.8 Å². The molecule has 0 N–H and O–H groups in total. The van der Waals surface area contributed by atoms with Gasteiger partial charge in [0.05, 0.1) is 11.1 Å². The van der Waals surface area contributed by atoms with Gasteiger partial charge in [-0.1, -0.05) is 31.1 Å². The third kappa shape index (κ3) is 2.06. The minimum absolute atomic E-state index is 0.278. The van der Waals surface area contributed by atoms with Gasteiger partial charge in [0.1, 0.15) is 6.10 Å². The van der Waals surface area contributed by atoms with E-state index in [0.29, 0.717) is 17.0 Å². The number of nitrogens with zero attached hydrogens (tertiary/aromatic N) is 1. The molecule has 20 heavy (non-hydrogen) atoms. The topological polar surface area (TPSA) is 46.6 Å². The smallest absolute Gasteiger partial charge is 0.266 e. The maximum absolute atomic E-state index is 12.2. The SMILES string of the molecule is C=C[C@@H](ON1C(=O)c2ccccc2C1=O)C1CCCC1. The first-order valence-electron chi connectivity index (χ1n) is 6.99. The Hall–Kier alpha value is -1.94. The lowest BCUT2D eigenvalue weighted by atomic mass is 10.0. The molecule has 2 aliphatic rings. The Kier molecular flexibility index (Phi) is 3.40. The number of rotatable bonds is 4. The molecule has 1 fully saturated rings. The molecule has 104 valence electrons. The van der Waals surface area contributed by atoms with E-state index in [9.17, 15) is 9.59 Å². The van der Waals surface area contributed by atoms with Crippen molar-refractivity contribution in [3.05, 3.63) is 48.0 Å². The summed E-state index contributed by atoms with van der Waals surface area (Å²) in [6.07, 6.45) is 5.86. The van der Waals surface area contributed by atoms with Crippen molar-refractivity contribution in [3.63, 3.8) is 0 Å². The summed E-state index contributed by atoms with van der Waals surface area (Å²) in [5, 5.41) is 0.898. The van der Waals surface area contributed by atoms with Crippen LogP contribution >= 0.6 is 0 Å². The second kappa shape index (κ2) is 5.21. The molecule has 1 atom stereocenters. The monoisotopic (exact) mass is 271 g/mol. The molecule has 0 saturated heterocycles. The summed E-state index contributed by atoms with van der Waals surface area (Å²) < 4.78 is 0. The Balaban J connectivity index is 1.80. The lowest BCUT2D eigenvalue weighted by Crippen LogP contribution is -2.36. The first kappa shape index (κ1) is 13.1. The van der Waals surface area contributed by atoms with Crippen LogP contribution in [0, 0.1) is 5.92 Å². The summed E-state index contributed by atoms with van der Waals surface area (Å²) in [5.41, 5.74) is 0.818. The van der Waals surface area contributed by atoms with Gasteiger partial charge in [-0.3, -0.25) is 14.4 Å². The van der Waals surface area contributed by atoms with Gasteiger partial charge in [-0.25, -0.2) is 0 Å². The molecule has 0 aromatic heterocycles. The number of carbonyl (C=O) groups is 2. The average molecular weight is 271 g/mol. The van der Waals surface area contributed by atoms with E-state index in [1.807, 2.05) is 0 Å². The average Bonchev–Trinajstić information content (AvgIpc) is 3.08. The van der Waals surface area contributed by atoms with E-state index in [-0.39, 0.29) is 17.9 Å². The van der Waals surface area contributed by atoms with Crippen LogP contribution in [-0.4, -0.2) is 23.0 Å². The number of benzene rings is 1. The molecule has 3 rings (SSSR count). The predicted octanol–water partition coefficient (Wildman–Crippen LogP) is 2.96. The summed E-state index contributed by atoms with van der Waals surface area (Å²) in [4.78, 5) is 30.1. The van der Waals surface area contributed by atoms with Gasteiger partial charge >= 0.3 is 0 Å². The summed E-state index contributed by atoms with van der Waals surface area (Å²) >= 11 is 0. The third-order valence-corrected chi connectivity index (χ3v) is 4.08. The van der Waals surface area contributed by atoms with Crippen molar-refractivity contribution < 1.29 is 14.4 Å². The molecular formula is C16H17NO3. The maximum Gasteiger partial charge on any atom is 0.285 e. The molecule has 1 saturated carbocycles. The van der Waals surface area contributed by atoms with E-state index in [4.69, 9.17) is 4.84 Å². The zero-order valence-electron chi connectivity index (χ0n) is 11.2. The summed E-state index contributed by atoms with van der Waals surface area (Å²) in [6.45, 7) is 3.77. The molecule has 2 amide bonds. The molecule has 4 heteroatoms. The number of hydroxylamine groups is 2. The molecule has 1 aromatic carbocycles. The zero-order valence-corrected chi connectivity index (χ0v) is 11.2. The zero-order chi connectivity index (χ0) is 14.1. The summed E-state index contributed by atoms with van der Waals surface area (Å²) in [6, 6.07) is 6.79. The number of amides is 2. The molecule has 4 nitrogen and oxygen atoms in total. The summed E-state index contributed by atoms with van der Waals surface area (Å²) in [5.74, 6) is -0.414. The van der Waals surface area contributed by atoms with E-state index in [1.54, 1.807) is 30.3 Å². The maximum atomic E-state index is 12.2. The molecule has 0 unspecified atom stereocenters. The van der Waals surface area contributed by atoms with Crippen LogP contribution < -0.4 is 0 Å². The Morgan fingerprint density at radius 1 is 1.15 bits per heavy atom. The highest BCUT2D eigenvalue weighted by Crippen LogP contribution is 2.32. The lowest BCUT2D eigenvalue weighted by Gasteiger charge is -2.24. The van der Waals surface area contributed by atoms with Crippen LogP contribution in [0.15, 0.2) is 36.9 Å². The molecule has 1 aromatic rings. The minimum atomic E-state index is -0.379. The highest BCUT2D eigenvalue weighted by molar-refractivity contribution is 6.20. The number of carbonyl (C=O) groups excluding carboxylic acids is 2. The van der Waals surface area contributed by atoms with Crippen molar-refractivity contribution in [2.45, 2.75) is 31.8 Å². The standard InChI is InChI=1S/C16H17NO3/c1-2-14(11-7-3-4-8-11)20-17-15(18)12-9-5-6-10-13(12)16(17)19/h2,5-6,9-11,14H,1,3-4,7-8H2/t14-/m1/s1. The van der Waals surface area contributed by atoms with Crippen molar-refractivity contribution >= 4 is 11.8 Å². The Bertz CT molecular complexity index is 526. The fraction of sp³-hybridized carbons (Fsp3) is 0.375. The molecule has 1 aliphatic heterocycles. The van der Waals surface area contributed by atoms with E-state index >= 15 is 0 Å². The van der Waals surface area contributed by atoms with Crippen molar-refractivity contribution in [2.24, 2.45) is 5.92 Å². The second-order valence-electron chi connectivity index (χ2n) is 5.30. The van der Waals surface area contributed by atoms with E-state index in [1.165, 1.54) is 12.8 Å². The Morgan fingerprint density at radius 3 is 2.20 bits per heavy atom. The van der Waals surface area contributed by atoms with E-state index < -0.39 is 0 Å². The number of fused-ring (bicyclic) bond motifs is 1. The van der Waals surface area contributed by atoms with E-state index in [2.05, 4.69) is 6.58 Å². The number of imide groups is 1. The first-order chi connectivity index (χ1) is 9.72. The fourth-order valence-corrected chi connectivity index (χ4v) is 2.99. The van der Waals surface area contributed by atoms with Crippen LogP contribution in [0.1, 0.15) is 46.4 Å². The van der Waals surface area contributed by atoms with Crippen LogP contribution in [0.3, 0.4) is 0 Å². The predicted molar refractivity (Wildman–Crippen MR) is 74.0 cm³/mol. The molecule has 0 spiro atoms. The Labute approximate surface area is 118 Å². The van der Waals surface area contributed by atoms with Gasteiger partial charge in [0, 0.05) is 0 Å². The fourth-order valence-electron chi connectivity index (χ4n) is 2.99. The number of hydrogen-bond acceptors (Lipinski definition) is 3.